The minimum atomic E-state index is 0.0334. The van der Waals surface area contributed by atoms with E-state index in [4.69, 9.17) is 9.72 Å². The van der Waals surface area contributed by atoms with Gasteiger partial charge in [0.1, 0.15) is 35.5 Å². The molecule has 6 rings (SSSR count). The first kappa shape index (κ1) is 22.2. The number of benzene rings is 1. The van der Waals surface area contributed by atoms with E-state index in [1.807, 2.05) is 55.6 Å². The molecule has 4 aromatic heterocycles. The number of nitrogens with one attached hydrogen (secondary N) is 2. The topological polar surface area (TPSA) is 105 Å². The van der Waals surface area contributed by atoms with Crippen molar-refractivity contribution < 1.29 is 4.74 Å². The molecule has 5 aromatic rings. The predicted octanol–water partition coefficient (Wildman–Crippen LogP) is 4.10. The number of anilines is 3. The van der Waals surface area contributed by atoms with Gasteiger partial charge in [-0.1, -0.05) is 0 Å². The van der Waals surface area contributed by atoms with E-state index in [0.717, 1.165) is 59.1 Å². The number of hydrogen-bond acceptors (Lipinski definition) is 9. The summed E-state index contributed by atoms with van der Waals surface area (Å²) in [5, 5.41) is 11.1. The quantitative estimate of drug-likeness (QED) is 0.384. The van der Waals surface area contributed by atoms with E-state index < -0.39 is 0 Å². The maximum absolute atomic E-state index is 6.10. The number of nitrogens with zero attached hydrogens (tertiary/aromatic N) is 7. The van der Waals surface area contributed by atoms with Crippen molar-refractivity contribution in [1.82, 2.24) is 34.9 Å². The Balaban J connectivity index is 1.25. The Kier molecular flexibility index (Phi) is 5.37. The van der Waals surface area contributed by atoms with Crippen molar-refractivity contribution in [1.29, 1.82) is 0 Å². The summed E-state index contributed by atoms with van der Waals surface area (Å²) in [4.78, 5) is 20.4. The number of pyridine rings is 2. The van der Waals surface area contributed by atoms with Crippen LogP contribution in [0.2, 0.25) is 0 Å². The van der Waals surface area contributed by atoms with Gasteiger partial charge in [0.25, 0.3) is 0 Å². The third-order valence-corrected chi connectivity index (χ3v) is 6.28. The Bertz CT molecular complexity index is 1560. The number of rotatable bonds is 5. The maximum Gasteiger partial charge on any atom is 0.160 e. The monoisotopic (exact) mass is 481 g/mol. The summed E-state index contributed by atoms with van der Waals surface area (Å²) < 4.78 is 7.80. The highest BCUT2D eigenvalue weighted by Crippen LogP contribution is 2.30. The first-order valence-electron chi connectivity index (χ1n) is 11.9. The zero-order valence-electron chi connectivity index (χ0n) is 20.4. The number of aromatic nitrogens is 6. The fourth-order valence-corrected chi connectivity index (χ4v) is 4.50. The van der Waals surface area contributed by atoms with Crippen molar-refractivity contribution in [2.24, 2.45) is 0 Å². The second-order valence-electron chi connectivity index (χ2n) is 9.62. The van der Waals surface area contributed by atoms with Crippen LogP contribution in [0.4, 0.5) is 17.3 Å². The molecule has 36 heavy (non-hydrogen) atoms. The smallest absolute Gasteiger partial charge is 0.160 e. The molecule has 1 aromatic carbocycles. The molecule has 0 aliphatic carbocycles. The second kappa shape index (κ2) is 8.72. The lowest BCUT2D eigenvalue weighted by Gasteiger charge is -2.39. The molecule has 10 nitrogen and oxygen atoms in total. The average Bonchev–Trinajstić information content (AvgIpc) is 3.33. The van der Waals surface area contributed by atoms with Crippen molar-refractivity contribution in [3.8, 4) is 11.5 Å². The summed E-state index contributed by atoms with van der Waals surface area (Å²) in [5.41, 5.74) is 4.18. The third-order valence-electron chi connectivity index (χ3n) is 6.28. The van der Waals surface area contributed by atoms with Gasteiger partial charge in [0, 0.05) is 43.1 Å². The first-order chi connectivity index (χ1) is 17.4. The molecule has 2 N–H and O–H groups in total. The largest absolute Gasteiger partial charge is 0.457 e. The lowest BCUT2D eigenvalue weighted by Crippen LogP contribution is -2.57. The van der Waals surface area contributed by atoms with Gasteiger partial charge in [-0.25, -0.2) is 24.5 Å². The highest BCUT2D eigenvalue weighted by molar-refractivity contribution is 5.88. The molecule has 0 saturated carbocycles. The fourth-order valence-electron chi connectivity index (χ4n) is 4.50. The SMILES string of the molecule is Cc1cc(Nc2ncnc3ccc(N4CCNC(C)(C)C4)nc23)ccc1Oc1ccn2ncnc2c1. The molecule has 1 fully saturated rings. The molecule has 5 heterocycles. The number of piperazine rings is 1. The highest BCUT2D eigenvalue weighted by atomic mass is 16.5. The van der Waals surface area contributed by atoms with E-state index in [2.05, 4.69) is 49.4 Å². The van der Waals surface area contributed by atoms with Crippen LogP contribution >= 0.6 is 0 Å². The van der Waals surface area contributed by atoms with Gasteiger partial charge in [0.2, 0.25) is 0 Å². The molecule has 0 atom stereocenters. The third kappa shape index (κ3) is 4.38. The standard InChI is InChI=1S/C26H27N9O/c1-17-12-18(4-6-21(17)36-19-8-10-35-23(13-19)28-16-31-35)32-25-24-20(27-15-29-25)5-7-22(33-24)34-11-9-30-26(2,3)14-34/h4-8,10,12-13,15-16,30H,9,11,14H2,1-3H3,(H,27,29,32). The molecule has 1 saturated heterocycles. The molecule has 182 valence electrons. The Morgan fingerprint density at radius 2 is 1.94 bits per heavy atom. The van der Waals surface area contributed by atoms with E-state index in [1.165, 1.54) is 6.33 Å². The van der Waals surface area contributed by atoms with Gasteiger partial charge in [-0.2, -0.15) is 5.10 Å². The fraction of sp³-hybridized carbons (Fsp3) is 0.269. The van der Waals surface area contributed by atoms with Crippen molar-refractivity contribution in [2.45, 2.75) is 26.3 Å². The normalized spacial score (nSPS) is 15.4. The van der Waals surface area contributed by atoms with Crippen molar-refractivity contribution in [3.63, 3.8) is 0 Å². The summed E-state index contributed by atoms with van der Waals surface area (Å²) in [6.07, 6.45) is 4.90. The lowest BCUT2D eigenvalue weighted by molar-refractivity contribution is 0.352. The molecular formula is C26H27N9O. The molecular weight excluding hydrogens is 454 g/mol. The predicted molar refractivity (Wildman–Crippen MR) is 139 cm³/mol. The van der Waals surface area contributed by atoms with E-state index in [1.54, 1.807) is 10.8 Å². The van der Waals surface area contributed by atoms with Crippen LogP contribution in [-0.4, -0.2) is 54.7 Å². The van der Waals surface area contributed by atoms with Crippen LogP contribution in [0.15, 0.2) is 61.3 Å². The van der Waals surface area contributed by atoms with E-state index in [9.17, 15) is 0 Å². The van der Waals surface area contributed by atoms with Crippen LogP contribution in [0.3, 0.4) is 0 Å². The number of hydrogen-bond donors (Lipinski definition) is 2. The van der Waals surface area contributed by atoms with Crippen LogP contribution in [0.5, 0.6) is 11.5 Å². The van der Waals surface area contributed by atoms with Gasteiger partial charge in [-0.05, 0) is 62.7 Å². The van der Waals surface area contributed by atoms with Gasteiger partial charge in [0.15, 0.2) is 11.5 Å². The van der Waals surface area contributed by atoms with Gasteiger partial charge in [-0.3, -0.25) is 0 Å². The zero-order chi connectivity index (χ0) is 24.7. The van der Waals surface area contributed by atoms with E-state index in [-0.39, 0.29) is 5.54 Å². The van der Waals surface area contributed by atoms with Crippen molar-refractivity contribution in [3.05, 3.63) is 66.9 Å². The molecule has 0 amide bonds. The number of fused-ring (bicyclic) bond motifs is 2. The number of aryl methyl sites for hydroxylation is 1. The van der Waals surface area contributed by atoms with Crippen LogP contribution in [-0.2, 0) is 0 Å². The van der Waals surface area contributed by atoms with Crippen LogP contribution in [0.1, 0.15) is 19.4 Å². The summed E-state index contributed by atoms with van der Waals surface area (Å²) in [6.45, 7) is 9.13. The summed E-state index contributed by atoms with van der Waals surface area (Å²) in [5.74, 6) is 3.06. The molecule has 0 radical (unpaired) electrons. The maximum atomic E-state index is 6.10. The van der Waals surface area contributed by atoms with Gasteiger partial charge in [-0.15, -0.1) is 0 Å². The summed E-state index contributed by atoms with van der Waals surface area (Å²) >= 11 is 0. The Hall–Kier alpha value is -4.31. The first-order valence-corrected chi connectivity index (χ1v) is 11.9. The average molecular weight is 482 g/mol. The Morgan fingerprint density at radius 1 is 1.03 bits per heavy atom. The summed E-state index contributed by atoms with van der Waals surface area (Å²) in [7, 11) is 0. The Morgan fingerprint density at radius 3 is 2.81 bits per heavy atom. The molecule has 0 unspecified atom stereocenters. The zero-order valence-corrected chi connectivity index (χ0v) is 20.4. The van der Waals surface area contributed by atoms with Crippen molar-refractivity contribution in [2.75, 3.05) is 29.9 Å². The van der Waals surface area contributed by atoms with Gasteiger partial charge in [0.05, 0.1) is 5.52 Å². The van der Waals surface area contributed by atoms with Gasteiger partial charge < -0.3 is 20.3 Å². The van der Waals surface area contributed by atoms with E-state index >= 15 is 0 Å². The van der Waals surface area contributed by atoms with Crippen LogP contribution in [0, 0.1) is 6.92 Å². The minimum Gasteiger partial charge on any atom is -0.457 e. The molecule has 1 aliphatic heterocycles. The molecule has 0 spiro atoms. The van der Waals surface area contributed by atoms with Gasteiger partial charge >= 0.3 is 0 Å². The highest BCUT2D eigenvalue weighted by Gasteiger charge is 2.26. The molecule has 0 bridgehead atoms. The van der Waals surface area contributed by atoms with E-state index in [0.29, 0.717) is 11.6 Å². The van der Waals surface area contributed by atoms with Crippen LogP contribution in [0.25, 0.3) is 16.7 Å². The lowest BCUT2D eigenvalue weighted by atomic mass is 10.0. The van der Waals surface area contributed by atoms with Crippen molar-refractivity contribution >= 4 is 34.0 Å². The van der Waals surface area contributed by atoms with Crippen LogP contribution < -0.4 is 20.3 Å². The number of ether oxygens (including phenoxy) is 1. The molecule has 1 aliphatic rings. The second-order valence-corrected chi connectivity index (χ2v) is 9.62. The molecule has 10 heteroatoms. The Labute approximate surface area is 208 Å². The minimum absolute atomic E-state index is 0.0334. The summed E-state index contributed by atoms with van der Waals surface area (Å²) in [6, 6.07) is 13.7.